The smallest absolute Gasteiger partial charge is 0.212 e. The van der Waals surface area contributed by atoms with E-state index in [9.17, 15) is 4.39 Å². The van der Waals surface area contributed by atoms with E-state index in [0.29, 0.717) is 5.69 Å². The molecule has 5 heteroatoms. The third-order valence-corrected chi connectivity index (χ3v) is 7.25. The Labute approximate surface area is 216 Å². The first-order valence-electron chi connectivity index (χ1n) is 12.3. The summed E-state index contributed by atoms with van der Waals surface area (Å²) >= 11 is 0. The van der Waals surface area contributed by atoms with Crippen molar-refractivity contribution in [2.45, 2.75) is 11.6 Å². The van der Waals surface area contributed by atoms with E-state index in [4.69, 9.17) is 5.73 Å². The number of nitrogen functional groups attached to an aromatic ring is 1. The summed E-state index contributed by atoms with van der Waals surface area (Å²) in [5, 5.41) is 4.59. The summed E-state index contributed by atoms with van der Waals surface area (Å²) in [6.45, 7) is 0. The predicted molar refractivity (Wildman–Crippen MR) is 146 cm³/mol. The summed E-state index contributed by atoms with van der Waals surface area (Å²) in [7, 11) is 2.08. The maximum absolute atomic E-state index is 14.0. The molecule has 0 spiro atoms. The first-order chi connectivity index (χ1) is 18.1. The van der Waals surface area contributed by atoms with E-state index in [2.05, 4.69) is 101 Å². The number of nitrogens with two attached hydrogens (primary N) is 1. The minimum Gasteiger partial charge on any atom is -0.399 e. The van der Waals surface area contributed by atoms with Crippen molar-refractivity contribution in [1.29, 1.82) is 0 Å². The van der Waals surface area contributed by atoms with Gasteiger partial charge in [-0.15, -0.1) is 0 Å². The van der Waals surface area contributed by atoms with Crippen LogP contribution in [0.5, 0.6) is 0 Å². The van der Waals surface area contributed by atoms with Crippen LogP contribution in [0.4, 0.5) is 15.8 Å². The lowest BCUT2D eigenvalue weighted by atomic mass is 9.75. The third kappa shape index (κ3) is 3.67. The molecule has 1 aliphatic heterocycles. The zero-order chi connectivity index (χ0) is 25.4. The number of hydrogen-bond donors (Lipinski definition) is 1. The van der Waals surface area contributed by atoms with Gasteiger partial charge in [-0.3, -0.25) is 0 Å². The van der Waals surface area contributed by atoms with Gasteiger partial charge in [0, 0.05) is 24.5 Å². The second-order valence-electron chi connectivity index (χ2n) is 9.31. The van der Waals surface area contributed by atoms with E-state index in [1.807, 2.05) is 36.4 Å². The molecule has 0 saturated heterocycles. The highest BCUT2D eigenvalue weighted by Gasteiger charge is 2.52. The van der Waals surface area contributed by atoms with E-state index < -0.39 is 11.5 Å². The van der Waals surface area contributed by atoms with Crippen molar-refractivity contribution in [1.82, 2.24) is 9.99 Å². The topological polar surface area (TPSA) is 45.4 Å². The maximum Gasteiger partial charge on any atom is 0.212 e. The lowest BCUT2D eigenvalue weighted by molar-refractivity contribution is 0.126. The minimum atomic E-state index is -0.731. The zero-order valence-electron chi connectivity index (χ0n) is 20.5. The molecular weight excluding hydrogens is 459 g/mol. The van der Waals surface area contributed by atoms with Crippen molar-refractivity contribution in [3.63, 3.8) is 0 Å². The van der Waals surface area contributed by atoms with Crippen LogP contribution in [-0.2, 0) is 5.54 Å². The van der Waals surface area contributed by atoms with Gasteiger partial charge in [-0.05, 0) is 46.5 Å². The number of pyridine rings is 1. The molecule has 6 rings (SSSR count). The largest absolute Gasteiger partial charge is 0.399 e. The van der Waals surface area contributed by atoms with Crippen LogP contribution in [0.1, 0.15) is 33.9 Å². The average molecular weight is 487 g/mol. The molecule has 1 aliphatic rings. The minimum absolute atomic E-state index is 0.280. The summed E-state index contributed by atoms with van der Waals surface area (Å²) in [6, 6.07) is 40.6. The molecule has 0 saturated carbocycles. The fourth-order valence-corrected chi connectivity index (χ4v) is 5.73. The maximum atomic E-state index is 14.0. The number of benzene rings is 4. The summed E-state index contributed by atoms with van der Waals surface area (Å²) in [5.41, 5.74) is 12.6. The molecule has 182 valence electrons. The van der Waals surface area contributed by atoms with Crippen LogP contribution in [0.25, 0.3) is 0 Å². The van der Waals surface area contributed by atoms with Gasteiger partial charge in [0.2, 0.25) is 5.95 Å². The lowest BCUT2D eigenvalue weighted by Gasteiger charge is -2.49. The van der Waals surface area contributed by atoms with Gasteiger partial charge in [0.05, 0.1) is 11.7 Å². The van der Waals surface area contributed by atoms with Crippen LogP contribution in [0.3, 0.4) is 0 Å². The fourth-order valence-electron chi connectivity index (χ4n) is 5.73. The van der Waals surface area contributed by atoms with Gasteiger partial charge in [-0.25, -0.2) is 4.98 Å². The first-order valence-corrected chi connectivity index (χ1v) is 12.3. The molecule has 4 nitrogen and oxygen atoms in total. The Hall–Kier alpha value is -4.48. The Bertz CT molecular complexity index is 1410. The molecule has 2 heterocycles. The Morgan fingerprint density at radius 2 is 1.27 bits per heavy atom. The second kappa shape index (κ2) is 9.19. The van der Waals surface area contributed by atoms with Crippen molar-refractivity contribution in [3.05, 3.63) is 161 Å². The molecular formula is C32H27FN4. The van der Waals surface area contributed by atoms with Gasteiger partial charge in [0.15, 0.2) is 0 Å². The molecule has 37 heavy (non-hydrogen) atoms. The molecule has 5 aromatic rings. The van der Waals surface area contributed by atoms with Gasteiger partial charge >= 0.3 is 0 Å². The Kier molecular flexibility index (Phi) is 5.70. The number of hydrazine groups is 1. The third-order valence-electron chi connectivity index (χ3n) is 7.25. The first kappa shape index (κ1) is 23.0. The quantitative estimate of drug-likeness (QED) is 0.174. The highest BCUT2D eigenvalue weighted by Crippen LogP contribution is 2.54. The van der Waals surface area contributed by atoms with Crippen LogP contribution in [0.2, 0.25) is 0 Å². The number of anilines is 2. The molecule has 2 N–H and O–H groups in total. The number of fused-ring (bicyclic) bond motifs is 1. The van der Waals surface area contributed by atoms with Crippen LogP contribution in [0, 0.1) is 5.95 Å². The van der Waals surface area contributed by atoms with Crippen LogP contribution >= 0.6 is 0 Å². The average Bonchev–Trinajstić information content (AvgIpc) is 3.23. The molecule has 0 amide bonds. The van der Waals surface area contributed by atoms with Crippen molar-refractivity contribution < 1.29 is 4.39 Å². The number of halogens is 1. The highest BCUT2D eigenvalue weighted by molar-refractivity contribution is 5.67. The van der Waals surface area contributed by atoms with Crippen molar-refractivity contribution in [2.24, 2.45) is 0 Å². The highest BCUT2D eigenvalue weighted by atomic mass is 19.1. The van der Waals surface area contributed by atoms with Crippen molar-refractivity contribution in [2.75, 3.05) is 17.8 Å². The number of hydrogen-bond acceptors (Lipinski definition) is 4. The normalized spacial score (nSPS) is 15.5. The standard InChI is InChI=1S/C32H27FN4/c1-36-29-19-18-27(34)21-28(29)31(23-17-20-30(33)35-22-23)37(36)32(24-11-5-2-6-12-24,25-13-7-3-8-14-25)26-15-9-4-10-16-26/h2-22,31H,34H2,1H3. The van der Waals surface area contributed by atoms with E-state index in [-0.39, 0.29) is 6.04 Å². The fraction of sp³-hybridized carbons (Fsp3) is 0.0938. The molecule has 0 aliphatic carbocycles. The lowest BCUT2D eigenvalue weighted by Crippen LogP contribution is -2.54. The molecule has 0 fully saturated rings. The van der Waals surface area contributed by atoms with Crippen LogP contribution in [0.15, 0.2) is 128 Å². The summed E-state index contributed by atoms with van der Waals surface area (Å²) < 4.78 is 14.0. The molecule has 1 aromatic heterocycles. The Morgan fingerprint density at radius 1 is 0.730 bits per heavy atom. The summed E-state index contributed by atoms with van der Waals surface area (Å²) in [5.74, 6) is -0.505. The Balaban J connectivity index is 1.73. The SMILES string of the molecule is CN1c2ccc(N)cc2C(c2ccc(F)nc2)N1C(c1ccccc1)(c1ccccc1)c1ccccc1. The summed E-state index contributed by atoms with van der Waals surface area (Å²) in [6.07, 6.45) is 1.63. The molecule has 1 unspecified atom stereocenters. The molecule has 0 radical (unpaired) electrons. The molecule has 0 bridgehead atoms. The van der Waals surface area contributed by atoms with E-state index >= 15 is 0 Å². The Morgan fingerprint density at radius 3 is 1.76 bits per heavy atom. The number of nitrogens with zero attached hydrogens (tertiary/aromatic N) is 3. The van der Waals surface area contributed by atoms with Gasteiger partial charge in [-0.2, -0.15) is 9.40 Å². The zero-order valence-corrected chi connectivity index (χ0v) is 20.5. The van der Waals surface area contributed by atoms with E-state index in [1.165, 1.54) is 6.07 Å². The monoisotopic (exact) mass is 486 g/mol. The predicted octanol–water partition coefficient (Wildman–Crippen LogP) is 6.55. The van der Waals surface area contributed by atoms with Gasteiger partial charge in [-0.1, -0.05) is 97.1 Å². The van der Waals surface area contributed by atoms with E-state index in [0.717, 1.165) is 33.5 Å². The van der Waals surface area contributed by atoms with Crippen LogP contribution in [-0.4, -0.2) is 17.0 Å². The van der Waals surface area contributed by atoms with Crippen molar-refractivity contribution in [3.8, 4) is 0 Å². The summed E-state index contributed by atoms with van der Waals surface area (Å²) in [4.78, 5) is 4.04. The van der Waals surface area contributed by atoms with E-state index in [1.54, 1.807) is 6.20 Å². The van der Waals surface area contributed by atoms with Gasteiger partial charge in [0.1, 0.15) is 5.54 Å². The van der Waals surface area contributed by atoms with Gasteiger partial charge < -0.3 is 10.7 Å². The number of rotatable bonds is 5. The molecule has 1 atom stereocenters. The molecule has 4 aromatic carbocycles. The second-order valence-corrected chi connectivity index (χ2v) is 9.31. The van der Waals surface area contributed by atoms with Gasteiger partial charge in [0.25, 0.3) is 0 Å². The van der Waals surface area contributed by atoms with Crippen molar-refractivity contribution >= 4 is 11.4 Å². The van der Waals surface area contributed by atoms with Crippen LogP contribution < -0.4 is 10.7 Å². The number of aromatic nitrogens is 1.